The highest BCUT2D eigenvalue weighted by Gasteiger charge is 2.17. The average Bonchev–Trinajstić information content (AvgIpc) is 2.66. The van der Waals surface area contributed by atoms with Crippen molar-refractivity contribution in [3.8, 4) is 5.75 Å². The van der Waals surface area contributed by atoms with Gasteiger partial charge in [0, 0.05) is 17.8 Å². The molecule has 0 aliphatic heterocycles. The van der Waals surface area contributed by atoms with Crippen LogP contribution in [0.5, 0.6) is 5.75 Å². The van der Waals surface area contributed by atoms with E-state index < -0.39 is 6.10 Å². The van der Waals surface area contributed by atoms with Gasteiger partial charge in [0.05, 0.1) is 0 Å². The Bertz CT molecular complexity index is 807. The Morgan fingerprint density at radius 3 is 2.36 bits per heavy atom. The van der Waals surface area contributed by atoms with Crippen LogP contribution in [0.2, 0.25) is 0 Å². The first-order valence-electron chi connectivity index (χ1n) is 9.67. The molecular formula is C23H30N2O3. The number of hydrogen-bond acceptors (Lipinski definition) is 3. The first kappa shape index (κ1) is 21.5. The van der Waals surface area contributed by atoms with Crippen molar-refractivity contribution in [3.05, 3.63) is 59.7 Å². The van der Waals surface area contributed by atoms with E-state index in [-0.39, 0.29) is 17.2 Å². The Kier molecular flexibility index (Phi) is 7.21. The smallest absolute Gasteiger partial charge is 0.265 e. The molecule has 0 spiro atoms. The third kappa shape index (κ3) is 6.12. The molecule has 5 nitrogen and oxygen atoms in total. The number of benzene rings is 2. The maximum atomic E-state index is 12.5. The van der Waals surface area contributed by atoms with Crippen molar-refractivity contribution in [2.45, 2.75) is 52.6 Å². The number of anilines is 1. The minimum atomic E-state index is -0.668. The van der Waals surface area contributed by atoms with Crippen molar-refractivity contribution in [2.24, 2.45) is 0 Å². The van der Waals surface area contributed by atoms with Crippen molar-refractivity contribution in [3.63, 3.8) is 0 Å². The molecule has 0 bridgehead atoms. The summed E-state index contributed by atoms with van der Waals surface area (Å²) < 4.78 is 5.76. The van der Waals surface area contributed by atoms with Gasteiger partial charge in [-0.1, -0.05) is 45.9 Å². The molecule has 0 radical (unpaired) electrons. The lowest BCUT2D eigenvalue weighted by molar-refractivity contribution is -0.122. The van der Waals surface area contributed by atoms with Crippen LogP contribution in [0.4, 0.5) is 5.69 Å². The third-order valence-corrected chi connectivity index (χ3v) is 4.33. The molecule has 0 aliphatic carbocycles. The topological polar surface area (TPSA) is 67.4 Å². The number of amides is 2. The van der Waals surface area contributed by atoms with Crippen LogP contribution in [0.25, 0.3) is 0 Å². The highest BCUT2D eigenvalue weighted by atomic mass is 16.5. The molecule has 0 aromatic heterocycles. The van der Waals surface area contributed by atoms with E-state index in [0.717, 1.165) is 6.42 Å². The standard InChI is InChI=1S/C23H30N2O3/c1-6-14-24-22(27)17-8-7-9-19(15-17)25-21(26)16(2)28-20-12-10-18(11-13-20)23(3,4)5/h7-13,15-16H,6,14H2,1-5H3,(H,24,27)(H,25,26). The van der Waals surface area contributed by atoms with E-state index >= 15 is 0 Å². The Hall–Kier alpha value is -2.82. The average molecular weight is 383 g/mol. The van der Waals surface area contributed by atoms with Crippen molar-refractivity contribution < 1.29 is 14.3 Å². The van der Waals surface area contributed by atoms with E-state index in [2.05, 4.69) is 31.4 Å². The van der Waals surface area contributed by atoms with Gasteiger partial charge in [-0.15, -0.1) is 0 Å². The van der Waals surface area contributed by atoms with Crippen molar-refractivity contribution in [1.82, 2.24) is 5.32 Å². The van der Waals surface area contributed by atoms with Crippen LogP contribution in [0, 0.1) is 0 Å². The molecule has 2 amide bonds. The van der Waals surface area contributed by atoms with Crippen LogP contribution in [-0.4, -0.2) is 24.5 Å². The van der Waals surface area contributed by atoms with Crippen molar-refractivity contribution in [2.75, 3.05) is 11.9 Å². The van der Waals surface area contributed by atoms with Crippen LogP contribution in [0.3, 0.4) is 0 Å². The van der Waals surface area contributed by atoms with E-state index in [0.29, 0.717) is 23.5 Å². The van der Waals surface area contributed by atoms with Crippen LogP contribution >= 0.6 is 0 Å². The summed E-state index contributed by atoms with van der Waals surface area (Å²) in [5, 5.41) is 5.63. The van der Waals surface area contributed by atoms with Gasteiger partial charge in [-0.25, -0.2) is 0 Å². The number of ether oxygens (including phenoxy) is 1. The Balaban J connectivity index is 1.98. The van der Waals surface area contributed by atoms with Crippen LogP contribution in [0.15, 0.2) is 48.5 Å². The molecule has 0 saturated heterocycles. The second-order valence-corrected chi connectivity index (χ2v) is 7.86. The van der Waals surface area contributed by atoms with Gasteiger partial charge < -0.3 is 15.4 Å². The van der Waals surface area contributed by atoms with Gasteiger partial charge in [0.1, 0.15) is 5.75 Å². The second-order valence-electron chi connectivity index (χ2n) is 7.86. The lowest BCUT2D eigenvalue weighted by Crippen LogP contribution is -2.30. The molecule has 2 rings (SSSR count). The van der Waals surface area contributed by atoms with Gasteiger partial charge >= 0.3 is 0 Å². The van der Waals surface area contributed by atoms with Gasteiger partial charge in [0.2, 0.25) is 0 Å². The largest absolute Gasteiger partial charge is 0.481 e. The van der Waals surface area contributed by atoms with Gasteiger partial charge in [-0.3, -0.25) is 9.59 Å². The molecule has 1 unspecified atom stereocenters. The fourth-order valence-corrected chi connectivity index (χ4v) is 2.61. The summed E-state index contributed by atoms with van der Waals surface area (Å²) in [7, 11) is 0. The van der Waals surface area contributed by atoms with E-state index in [9.17, 15) is 9.59 Å². The Morgan fingerprint density at radius 1 is 1.07 bits per heavy atom. The molecular weight excluding hydrogens is 352 g/mol. The third-order valence-electron chi connectivity index (χ3n) is 4.33. The molecule has 150 valence electrons. The van der Waals surface area contributed by atoms with E-state index in [4.69, 9.17) is 4.74 Å². The number of nitrogens with one attached hydrogen (secondary N) is 2. The summed E-state index contributed by atoms with van der Waals surface area (Å²) >= 11 is 0. The summed E-state index contributed by atoms with van der Waals surface area (Å²) in [4.78, 5) is 24.5. The highest BCUT2D eigenvalue weighted by molar-refractivity contribution is 5.98. The van der Waals surface area contributed by atoms with Crippen molar-refractivity contribution >= 4 is 17.5 Å². The number of carbonyl (C=O) groups excluding carboxylic acids is 2. The molecule has 2 aromatic rings. The molecule has 5 heteroatoms. The molecule has 2 N–H and O–H groups in total. The maximum absolute atomic E-state index is 12.5. The predicted molar refractivity (Wildman–Crippen MR) is 113 cm³/mol. The number of hydrogen-bond donors (Lipinski definition) is 2. The zero-order chi connectivity index (χ0) is 20.7. The van der Waals surface area contributed by atoms with Crippen molar-refractivity contribution in [1.29, 1.82) is 0 Å². The van der Waals surface area contributed by atoms with Gasteiger partial charge in [-0.05, 0) is 54.7 Å². The van der Waals surface area contributed by atoms with Crippen LogP contribution in [0.1, 0.15) is 57.0 Å². The van der Waals surface area contributed by atoms with Crippen LogP contribution < -0.4 is 15.4 Å². The van der Waals surface area contributed by atoms with E-state index in [1.807, 2.05) is 31.2 Å². The molecule has 1 atom stereocenters. The summed E-state index contributed by atoms with van der Waals surface area (Å²) in [6.07, 6.45) is 0.200. The molecule has 0 heterocycles. The summed E-state index contributed by atoms with van der Waals surface area (Å²) in [6.45, 7) is 10.8. The first-order chi connectivity index (χ1) is 13.2. The van der Waals surface area contributed by atoms with E-state index in [1.54, 1.807) is 31.2 Å². The SMILES string of the molecule is CCCNC(=O)c1cccc(NC(=O)C(C)Oc2ccc(C(C)(C)C)cc2)c1. The number of carbonyl (C=O) groups is 2. The Morgan fingerprint density at radius 2 is 1.75 bits per heavy atom. The van der Waals surface area contributed by atoms with E-state index in [1.165, 1.54) is 5.56 Å². The lowest BCUT2D eigenvalue weighted by atomic mass is 9.87. The minimum absolute atomic E-state index is 0.0654. The summed E-state index contributed by atoms with van der Waals surface area (Å²) in [5.41, 5.74) is 2.34. The minimum Gasteiger partial charge on any atom is -0.481 e. The van der Waals surface area contributed by atoms with Gasteiger partial charge in [-0.2, -0.15) is 0 Å². The predicted octanol–water partition coefficient (Wildman–Crippen LogP) is 4.53. The number of rotatable bonds is 7. The van der Waals surface area contributed by atoms with Crippen LogP contribution in [-0.2, 0) is 10.2 Å². The summed E-state index contributed by atoms with van der Waals surface area (Å²) in [6, 6.07) is 14.7. The van der Waals surface area contributed by atoms with Gasteiger partial charge in [0.25, 0.3) is 11.8 Å². The van der Waals surface area contributed by atoms with Gasteiger partial charge in [0.15, 0.2) is 6.10 Å². The fourth-order valence-electron chi connectivity index (χ4n) is 2.61. The maximum Gasteiger partial charge on any atom is 0.265 e. The highest BCUT2D eigenvalue weighted by Crippen LogP contribution is 2.24. The molecule has 28 heavy (non-hydrogen) atoms. The lowest BCUT2D eigenvalue weighted by Gasteiger charge is -2.20. The zero-order valence-electron chi connectivity index (χ0n) is 17.3. The molecule has 2 aromatic carbocycles. The molecule has 0 saturated carbocycles. The molecule has 0 fully saturated rings. The molecule has 0 aliphatic rings. The monoisotopic (exact) mass is 382 g/mol. The quantitative estimate of drug-likeness (QED) is 0.739. The first-order valence-corrected chi connectivity index (χ1v) is 9.67. The second kappa shape index (κ2) is 9.40. The Labute approximate surface area is 167 Å². The normalized spacial score (nSPS) is 12.2. The fraction of sp³-hybridized carbons (Fsp3) is 0.391. The summed E-state index contributed by atoms with van der Waals surface area (Å²) in [5.74, 6) is 0.218. The zero-order valence-corrected chi connectivity index (χ0v) is 17.3.